The molecule has 0 aliphatic rings. The Hall–Kier alpha value is -3.93. The molecule has 0 spiro atoms. The van der Waals surface area contributed by atoms with E-state index in [1.165, 1.54) is 57.8 Å². The van der Waals surface area contributed by atoms with E-state index in [0.29, 0.717) is 12.8 Å². The van der Waals surface area contributed by atoms with Crippen molar-refractivity contribution in [2.75, 3.05) is 13.2 Å². The van der Waals surface area contributed by atoms with Crippen molar-refractivity contribution in [3.05, 3.63) is 109 Å². The van der Waals surface area contributed by atoms with E-state index < -0.39 is 6.10 Å². The van der Waals surface area contributed by atoms with Crippen LogP contribution in [0.15, 0.2) is 109 Å². The molecule has 0 bridgehead atoms. The van der Waals surface area contributed by atoms with Crippen LogP contribution in [-0.4, -0.2) is 37.2 Å². The Labute approximate surface area is 380 Å². The molecule has 6 heteroatoms. The zero-order valence-corrected chi connectivity index (χ0v) is 39.8. The van der Waals surface area contributed by atoms with Crippen LogP contribution in [-0.2, 0) is 28.6 Å². The lowest BCUT2D eigenvalue weighted by atomic mass is 10.1. The second-order valence-electron chi connectivity index (χ2n) is 16.1. The summed E-state index contributed by atoms with van der Waals surface area (Å²) >= 11 is 0. The monoisotopic (exact) mass is 859 g/mol. The highest BCUT2D eigenvalue weighted by atomic mass is 16.6. The third-order valence-corrected chi connectivity index (χ3v) is 10.1. The molecule has 0 aromatic heterocycles. The van der Waals surface area contributed by atoms with Crippen molar-refractivity contribution in [2.24, 2.45) is 0 Å². The van der Waals surface area contributed by atoms with Crippen molar-refractivity contribution < 1.29 is 28.6 Å². The van der Waals surface area contributed by atoms with Gasteiger partial charge in [0.1, 0.15) is 13.2 Å². The third-order valence-electron chi connectivity index (χ3n) is 10.1. The SMILES string of the molecule is CC\C=C/C=C\C=C/C=C\CCCCCCCC(=O)OC(COC(=O)CCC/C=C\C/C=C\C/C=C\C/C=C\CCCCC)COC(=O)CCCCCCC/C=C\CCCCC. The summed E-state index contributed by atoms with van der Waals surface area (Å²) < 4.78 is 16.7. The Kier molecular flexibility index (Phi) is 46.6. The van der Waals surface area contributed by atoms with Crippen molar-refractivity contribution in [1.82, 2.24) is 0 Å². The molecule has 0 saturated heterocycles. The van der Waals surface area contributed by atoms with Gasteiger partial charge in [0.15, 0.2) is 6.10 Å². The number of unbranched alkanes of at least 4 members (excludes halogenated alkanes) is 17. The predicted molar refractivity (Wildman–Crippen MR) is 265 cm³/mol. The molecule has 0 fully saturated rings. The van der Waals surface area contributed by atoms with Crippen molar-refractivity contribution >= 4 is 17.9 Å². The number of hydrogen-bond donors (Lipinski definition) is 0. The van der Waals surface area contributed by atoms with E-state index in [1.807, 2.05) is 24.3 Å². The second-order valence-corrected chi connectivity index (χ2v) is 16.1. The molecule has 0 radical (unpaired) electrons. The van der Waals surface area contributed by atoms with E-state index in [1.54, 1.807) is 0 Å². The molecular formula is C56H90O6. The van der Waals surface area contributed by atoms with Gasteiger partial charge in [-0.1, -0.05) is 194 Å². The van der Waals surface area contributed by atoms with Crippen molar-refractivity contribution in [3.8, 4) is 0 Å². The first kappa shape index (κ1) is 58.1. The van der Waals surface area contributed by atoms with Gasteiger partial charge in [-0.15, -0.1) is 0 Å². The van der Waals surface area contributed by atoms with Crippen LogP contribution >= 0.6 is 0 Å². The number of hydrogen-bond acceptors (Lipinski definition) is 6. The molecule has 0 amide bonds. The normalized spacial score (nSPS) is 13.0. The summed E-state index contributed by atoms with van der Waals surface area (Å²) in [4.78, 5) is 37.9. The summed E-state index contributed by atoms with van der Waals surface area (Å²) in [6.45, 7) is 6.35. The van der Waals surface area contributed by atoms with Crippen molar-refractivity contribution in [3.63, 3.8) is 0 Å². The fraction of sp³-hybridized carbons (Fsp3) is 0.625. The van der Waals surface area contributed by atoms with Crippen LogP contribution in [0.1, 0.15) is 207 Å². The topological polar surface area (TPSA) is 78.9 Å². The van der Waals surface area contributed by atoms with Crippen LogP contribution in [0.4, 0.5) is 0 Å². The van der Waals surface area contributed by atoms with E-state index >= 15 is 0 Å². The van der Waals surface area contributed by atoms with E-state index in [9.17, 15) is 14.4 Å². The highest BCUT2D eigenvalue weighted by Crippen LogP contribution is 2.12. The lowest BCUT2D eigenvalue weighted by Crippen LogP contribution is -2.30. The number of carbonyl (C=O) groups is 3. The average molecular weight is 859 g/mol. The third kappa shape index (κ3) is 47.1. The standard InChI is InChI=1S/C56H90O6/c1-4-7-10-13-16-19-22-25-27-28-30-31-34-37-40-43-46-49-55(58)61-52-53(51-60-54(57)48-45-42-39-36-33-24-21-18-15-12-9-6-3)62-56(59)50-47-44-41-38-35-32-29-26-23-20-17-14-11-8-5-2/h8,11,14,16-21,23,25-27,29-31,37,40,53H,4-7,9-10,12-13,15,22,24,28,32-36,38-39,41-52H2,1-3H3/b11-8-,17-14-,19-16-,21-18-,23-20-,27-25-,29-26-,31-30-,40-37-. The van der Waals surface area contributed by atoms with E-state index in [0.717, 1.165) is 103 Å². The largest absolute Gasteiger partial charge is 0.462 e. The zero-order valence-electron chi connectivity index (χ0n) is 39.8. The molecule has 0 N–H and O–H groups in total. The minimum atomic E-state index is -0.817. The molecule has 1 unspecified atom stereocenters. The predicted octanol–water partition coefficient (Wildman–Crippen LogP) is 16.4. The first-order valence-electron chi connectivity index (χ1n) is 24.9. The van der Waals surface area contributed by atoms with Crippen molar-refractivity contribution in [1.29, 1.82) is 0 Å². The Morgan fingerprint density at radius 1 is 0.355 bits per heavy atom. The smallest absolute Gasteiger partial charge is 0.306 e. The second kappa shape index (κ2) is 49.7. The molecule has 350 valence electrons. The maximum atomic E-state index is 12.8. The number of rotatable bonds is 43. The lowest BCUT2D eigenvalue weighted by molar-refractivity contribution is -0.167. The maximum Gasteiger partial charge on any atom is 0.306 e. The fourth-order valence-corrected chi connectivity index (χ4v) is 6.32. The molecule has 6 nitrogen and oxygen atoms in total. The maximum absolute atomic E-state index is 12.8. The molecule has 1 atom stereocenters. The van der Waals surface area contributed by atoms with Crippen LogP contribution in [0.25, 0.3) is 0 Å². The van der Waals surface area contributed by atoms with Gasteiger partial charge in [-0.25, -0.2) is 0 Å². The van der Waals surface area contributed by atoms with Gasteiger partial charge in [-0.05, 0) is 103 Å². The Morgan fingerprint density at radius 3 is 1.21 bits per heavy atom. The summed E-state index contributed by atoms with van der Waals surface area (Å²) in [6, 6.07) is 0. The Bertz CT molecular complexity index is 1310. The van der Waals surface area contributed by atoms with Gasteiger partial charge in [0.25, 0.3) is 0 Å². The van der Waals surface area contributed by atoms with Crippen LogP contribution in [0.5, 0.6) is 0 Å². The van der Waals surface area contributed by atoms with Gasteiger partial charge in [-0.3, -0.25) is 14.4 Å². The van der Waals surface area contributed by atoms with Gasteiger partial charge < -0.3 is 14.2 Å². The molecule has 0 aromatic carbocycles. The van der Waals surface area contributed by atoms with Gasteiger partial charge in [0, 0.05) is 19.3 Å². The van der Waals surface area contributed by atoms with Gasteiger partial charge in [0.05, 0.1) is 0 Å². The number of allylic oxidation sites excluding steroid dienone is 18. The number of ether oxygens (including phenoxy) is 3. The Balaban J connectivity index is 4.55. The van der Waals surface area contributed by atoms with E-state index in [-0.39, 0.29) is 44.0 Å². The van der Waals surface area contributed by atoms with Crippen LogP contribution in [0.3, 0.4) is 0 Å². The minimum Gasteiger partial charge on any atom is -0.462 e. The van der Waals surface area contributed by atoms with E-state index in [2.05, 4.69) is 106 Å². The molecule has 0 aliphatic carbocycles. The molecule has 0 saturated carbocycles. The van der Waals surface area contributed by atoms with Crippen molar-refractivity contribution in [2.45, 2.75) is 213 Å². The van der Waals surface area contributed by atoms with E-state index in [4.69, 9.17) is 14.2 Å². The summed E-state index contributed by atoms with van der Waals surface area (Å²) in [7, 11) is 0. The summed E-state index contributed by atoms with van der Waals surface area (Å²) in [5.41, 5.74) is 0. The summed E-state index contributed by atoms with van der Waals surface area (Å²) in [5.74, 6) is -1.01. The highest BCUT2D eigenvalue weighted by molar-refractivity contribution is 5.71. The van der Waals surface area contributed by atoms with Gasteiger partial charge in [0.2, 0.25) is 0 Å². The Morgan fingerprint density at radius 2 is 0.710 bits per heavy atom. The number of esters is 3. The first-order valence-corrected chi connectivity index (χ1v) is 24.9. The molecule has 0 aliphatic heterocycles. The summed E-state index contributed by atoms with van der Waals surface area (Å²) in [6.07, 6.45) is 66.4. The minimum absolute atomic E-state index is 0.112. The highest BCUT2D eigenvalue weighted by Gasteiger charge is 2.19. The van der Waals surface area contributed by atoms with Gasteiger partial charge in [-0.2, -0.15) is 0 Å². The van der Waals surface area contributed by atoms with Crippen LogP contribution in [0, 0.1) is 0 Å². The first-order chi connectivity index (χ1) is 30.5. The van der Waals surface area contributed by atoms with Crippen LogP contribution in [0.2, 0.25) is 0 Å². The van der Waals surface area contributed by atoms with Gasteiger partial charge >= 0.3 is 17.9 Å². The van der Waals surface area contributed by atoms with Crippen LogP contribution < -0.4 is 0 Å². The summed E-state index contributed by atoms with van der Waals surface area (Å²) in [5, 5.41) is 0. The average Bonchev–Trinajstić information content (AvgIpc) is 3.27. The molecular weight excluding hydrogens is 769 g/mol. The lowest BCUT2D eigenvalue weighted by Gasteiger charge is -2.18. The molecule has 0 heterocycles. The fourth-order valence-electron chi connectivity index (χ4n) is 6.32. The molecule has 62 heavy (non-hydrogen) atoms. The zero-order chi connectivity index (χ0) is 45.1. The molecule has 0 rings (SSSR count). The quantitative estimate of drug-likeness (QED) is 0.0200. The number of carbonyl (C=O) groups excluding carboxylic acids is 3. The molecule has 0 aromatic rings.